The van der Waals surface area contributed by atoms with Crippen molar-refractivity contribution in [2.24, 2.45) is 0 Å². The van der Waals surface area contributed by atoms with Crippen LogP contribution in [0.1, 0.15) is 22.7 Å². The first-order valence-corrected chi connectivity index (χ1v) is 8.30. The van der Waals surface area contributed by atoms with E-state index in [1.54, 1.807) is 24.3 Å². The molecular formula is C16H17NO3S. The molecule has 0 saturated carbocycles. The Bertz CT molecular complexity index is 753. The molecule has 5 heteroatoms. The lowest BCUT2D eigenvalue weighted by Gasteiger charge is -2.18. The average molecular weight is 303 g/mol. The van der Waals surface area contributed by atoms with Gasteiger partial charge in [0.2, 0.25) is 10.0 Å². The molecule has 0 bridgehead atoms. The first kappa shape index (κ1) is 14.3. The summed E-state index contributed by atoms with van der Waals surface area (Å²) in [5.41, 5.74) is 2.84. The van der Waals surface area contributed by atoms with Gasteiger partial charge in [-0.2, -0.15) is 0 Å². The van der Waals surface area contributed by atoms with E-state index in [1.807, 2.05) is 31.2 Å². The van der Waals surface area contributed by atoms with E-state index in [0.717, 1.165) is 16.7 Å². The van der Waals surface area contributed by atoms with Crippen molar-refractivity contribution in [3.8, 4) is 0 Å². The van der Waals surface area contributed by atoms with E-state index in [0.29, 0.717) is 6.42 Å². The molecule has 0 radical (unpaired) electrons. The number of nitrogens with one attached hydrogen (secondary N) is 1. The van der Waals surface area contributed by atoms with Crippen LogP contribution in [0.15, 0.2) is 53.4 Å². The summed E-state index contributed by atoms with van der Waals surface area (Å²) in [7, 11) is -3.65. The Hall–Kier alpha value is -1.69. The minimum Gasteiger partial charge on any atom is -0.391 e. The van der Waals surface area contributed by atoms with Gasteiger partial charge in [0.05, 0.1) is 17.0 Å². The maximum atomic E-state index is 12.4. The molecule has 0 aliphatic heterocycles. The third kappa shape index (κ3) is 2.72. The van der Waals surface area contributed by atoms with Crippen LogP contribution in [-0.4, -0.2) is 19.6 Å². The monoisotopic (exact) mass is 303 g/mol. The van der Waals surface area contributed by atoms with Crippen LogP contribution in [0, 0.1) is 6.92 Å². The fourth-order valence-corrected chi connectivity index (χ4v) is 3.92. The van der Waals surface area contributed by atoms with Crippen LogP contribution in [0.3, 0.4) is 0 Å². The minimum absolute atomic E-state index is 0.213. The smallest absolute Gasteiger partial charge is 0.241 e. The molecule has 0 aromatic heterocycles. The summed E-state index contributed by atoms with van der Waals surface area (Å²) < 4.78 is 27.5. The number of aliphatic hydroxyl groups excluding tert-OH is 1. The molecule has 2 aromatic rings. The van der Waals surface area contributed by atoms with Gasteiger partial charge in [-0.3, -0.25) is 0 Å². The Morgan fingerprint density at radius 2 is 1.76 bits per heavy atom. The second-order valence-corrected chi connectivity index (χ2v) is 7.10. The quantitative estimate of drug-likeness (QED) is 0.910. The fraction of sp³-hybridized carbons (Fsp3) is 0.250. The summed E-state index contributed by atoms with van der Waals surface area (Å²) in [6.07, 6.45) is -0.264. The highest BCUT2D eigenvalue weighted by Gasteiger charge is 2.34. The molecule has 2 aromatic carbocycles. The molecule has 1 unspecified atom stereocenters. The van der Waals surface area contributed by atoms with E-state index >= 15 is 0 Å². The third-order valence-corrected chi connectivity index (χ3v) is 5.27. The van der Waals surface area contributed by atoms with Crippen molar-refractivity contribution in [1.82, 2.24) is 4.72 Å². The number of sulfonamides is 1. The van der Waals surface area contributed by atoms with E-state index in [9.17, 15) is 13.5 Å². The summed E-state index contributed by atoms with van der Waals surface area (Å²) in [4.78, 5) is 0.213. The molecule has 0 spiro atoms. The van der Waals surface area contributed by atoms with E-state index in [2.05, 4.69) is 4.72 Å². The highest BCUT2D eigenvalue weighted by molar-refractivity contribution is 7.89. The van der Waals surface area contributed by atoms with Gasteiger partial charge >= 0.3 is 0 Å². The lowest BCUT2D eigenvalue weighted by molar-refractivity contribution is 0.151. The molecule has 21 heavy (non-hydrogen) atoms. The van der Waals surface area contributed by atoms with Crippen LogP contribution in [0.4, 0.5) is 0 Å². The second kappa shape index (κ2) is 5.26. The van der Waals surface area contributed by atoms with Crippen LogP contribution in [0.5, 0.6) is 0 Å². The number of fused-ring (bicyclic) bond motifs is 1. The Balaban J connectivity index is 1.91. The van der Waals surface area contributed by atoms with Crippen molar-refractivity contribution < 1.29 is 13.5 Å². The SMILES string of the molecule is Cc1ccc(S(=O)(=O)NC2c3ccccc3C[C@H]2O)cc1. The van der Waals surface area contributed by atoms with Gasteiger partial charge in [0.1, 0.15) is 0 Å². The van der Waals surface area contributed by atoms with E-state index in [4.69, 9.17) is 0 Å². The molecule has 0 heterocycles. The van der Waals surface area contributed by atoms with Gasteiger partial charge in [-0.1, -0.05) is 42.0 Å². The Labute approximate surface area is 124 Å². The molecule has 2 N–H and O–H groups in total. The number of hydrogen-bond donors (Lipinski definition) is 2. The van der Waals surface area contributed by atoms with Crippen molar-refractivity contribution in [3.63, 3.8) is 0 Å². The molecule has 1 aliphatic carbocycles. The number of aryl methyl sites for hydroxylation is 1. The van der Waals surface area contributed by atoms with Crippen molar-refractivity contribution >= 4 is 10.0 Å². The van der Waals surface area contributed by atoms with Gasteiger partial charge in [-0.15, -0.1) is 0 Å². The third-order valence-electron chi connectivity index (χ3n) is 3.82. The second-order valence-electron chi connectivity index (χ2n) is 5.38. The van der Waals surface area contributed by atoms with Crippen molar-refractivity contribution in [2.45, 2.75) is 30.4 Å². The summed E-state index contributed by atoms with van der Waals surface area (Å²) in [5.74, 6) is 0. The Morgan fingerprint density at radius 1 is 1.10 bits per heavy atom. The largest absolute Gasteiger partial charge is 0.391 e. The van der Waals surface area contributed by atoms with Gasteiger partial charge in [-0.05, 0) is 30.2 Å². The average Bonchev–Trinajstić information content (AvgIpc) is 2.75. The number of hydrogen-bond acceptors (Lipinski definition) is 3. The zero-order chi connectivity index (χ0) is 15.0. The highest BCUT2D eigenvalue weighted by Crippen LogP contribution is 2.32. The van der Waals surface area contributed by atoms with E-state index < -0.39 is 22.2 Å². The zero-order valence-electron chi connectivity index (χ0n) is 11.7. The molecule has 0 fully saturated rings. The topological polar surface area (TPSA) is 66.4 Å². The number of benzene rings is 2. The van der Waals surface area contributed by atoms with Gasteiger partial charge in [-0.25, -0.2) is 13.1 Å². The molecule has 0 saturated heterocycles. The van der Waals surface area contributed by atoms with Crippen LogP contribution >= 0.6 is 0 Å². The molecule has 0 amide bonds. The van der Waals surface area contributed by atoms with Crippen molar-refractivity contribution in [3.05, 3.63) is 65.2 Å². The van der Waals surface area contributed by atoms with Gasteiger partial charge in [0.15, 0.2) is 0 Å². The zero-order valence-corrected chi connectivity index (χ0v) is 12.5. The lowest BCUT2D eigenvalue weighted by atomic mass is 10.1. The van der Waals surface area contributed by atoms with Crippen LogP contribution in [-0.2, 0) is 16.4 Å². The first-order chi connectivity index (χ1) is 9.97. The summed E-state index contributed by atoms with van der Waals surface area (Å²) in [6.45, 7) is 1.90. The Kier molecular flexibility index (Phi) is 3.57. The summed E-state index contributed by atoms with van der Waals surface area (Å²) >= 11 is 0. The van der Waals surface area contributed by atoms with E-state index in [-0.39, 0.29) is 4.90 Å². The number of rotatable bonds is 3. The van der Waals surface area contributed by atoms with Gasteiger partial charge < -0.3 is 5.11 Å². The van der Waals surface area contributed by atoms with Crippen LogP contribution in [0.2, 0.25) is 0 Å². The molecule has 2 atom stereocenters. The molecule has 1 aliphatic rings. The van der Waals surface area contributed by atoms with Crippen molar-refractivity contribution in [2.75, 3.05) is 0 Å². The van der Waals surface area contributed by atoms with Gasteiger partial charge in [0.25, 0.3) is 0 Å². The first-order valence-electron chi connectivity index (χ1n) is 6.82. The highest BCUT2D eigenvalue weighted by atomic mass is 32.2. The van der Waals surface area contributed by atoms with Gasteiger partial charge in [0, 0.05) is 6.42 Å². The molecule has 4 nitrogen and oxygen atoms in total. The molecular weight excluding hydrogens is 286 g/mol. The van der Waals surface area contributed by atoms with Crippen LogP contribution in [0.25, 0.3) is 0 Å². The van der Waals surface area contributed by atoms with E-state index in [1.165, 1.54) is 0 Å². The maximum absolute atomic E-state index is 12.4. The predicted octanol–water partition coefficient (Wildman–Crippen LogP) is 1.93. The molecule has 110 valence electrons. The standard InChI is InChI=1S/C16H17NO3S/c1-11-6-8-13(9-7-11)21(19,20)17-16-14-5-3-2-4-12(14)10-15(16)18/h2-9,15-18H,10H2,1H3/t15-,16?/m1/s1. The van der Waals surface area contributed by atoms with Crippen molar-refractivity contribution in [1.29, 1.82) is 0 Å². The Morgan fingerprint density at radius 3 is 2.48 bits per heavy atom. The normalized spacial score (nSPS) is 21.2. The maximum Gasteiger partial charge on any atom is 0.241 e. The predicted molar refractivity (Wildman–Crippen MR) is 80.4 cm³/mol. The lowest BCUT2D eigenvalue weighted by Crippen LogP contribution is -2.33. The summed E-state index contributed by atoms with van der Waals surface area (Å²) in [5, 5.41) is 10.1. The fourth-order valence-electron chi connectivity index (χ4n) is 2.67. The summed E-state index contributed by atoms with van der Waals surface area (Å²) in [6, 6.07) is 13.6. The minimum atomic E-state index is -3.65. The number of aliphatic hydroxyl groups is 1. The van der Waals surface area contributed by atoms with Crippen LogP contribution < -0.4 is 4.72 Å². The molecule has 3 rings (SSSR count).